The highest BCUT2D eigenvalue weighted by molar-refractivity contribution is 6.01. The number of carbonyl (C=O) groups is 2. The first kappa shape index (κ1) is 18.6. The zero-order valence-electron chi connectivity index (χ0n) is 14.1. The number of alkyl carbamates (subject to hydrolysis) is 1. The Morgan fingerprint density at radius 2 is 1.83 bits per heavy atom. The van der Waals surface area contributed by atoms with Gasteiger partial charge in [0.25, 0.3) is 5.91 Å². The SMILES string of the molecule is COc1cccc(N)c1C(=O)NCCCNC(=O)OC(C)(C)C. The second-order valence-corrected chi connectivity index (χ2v) is 5.96. The van der Waals surface area contributed by atoms with Gasteiger partial charge in [0.15, 0.2) is 0 Å². The summed E-state index contributed by atoms with van der Waals surface area (Å²) in [6.45, 7) is 6.18. The Hall–Kier alpha value is -2.44. The van der Waals surface area contributed by atoms with Crippen LogP contribution in [0.3, 0.4) is 0 Å². The number of nitrogens with one attached hydrogen (secondary N) is 2. The van der Waals surface area contributed by atoms with Crippen molar-refractivity contribution in [2.45, 2.75) is 32.8 Å². The maximum atomic E-state index is 12.1. The van der Waals surface area contributed by atoms with Crippen LogP contribution in [0.1, 0.15) is 37.6 Å². The van der Waals surface area contributed by atoms with Crippen molar-refractivity contribution < 1.29 is 19.1 Å². The summed E-state index contributed by atoms with van der Waals surface area (Å²) in [4.78, 5) is 23.6. The van der Waals surface area contributed by atoms with Gasteiger partial charge in [-0.1, -0.05) is 6.07 Å². The van der Waals surface area contributed by atoms with E-state index in [9.17, 15) is 9.59 Å². The molecule has 1 aromatic carbocycles. The molecule has 0 aliphatic carbocycles. The molecule has 0 aliphatic heterocycles. The quantitative estimate of drug-likeness (QED) is 0.548. The van der Waals surface area contributed by atoms with Gasteiger partial charge >= 0.3 is 6.09 Å². The van der Waals surface area contributed by atoms with Gasteiger partial charge in [-0.15, -0.1) is 0 Å². The van der Waals surface area contributed by atoms with E-state index in [0.717, 1.165) is 0 Å². The third-order valence-corrected chi connectivity index (χ3v) is 2.81. The molecule has 0 bridgehead atoms. The van der Waals surface area contributed by atoms with Crippen molar-refractivity contribution in [3.8, 4) is 5.75 Å². The summed E-state index contributed by atoms with van der Waals surface area (Å²) in [5.74, 6) is 0.117. The lowest BCUT2D eigenvalue weighted by Crippen LogP contribution is -2.34. The van der Waals surface area contributed by atoms with Crippen LogP contribution in [0.15, 0.2) is 18.2 Å². The van der Waals surface area contributed by atoms with Crippen LogP contribution >= 0.6 is 0 Å². The van der Waals surface area contributed by atoms with Crippen molar-refractivity contribution in [2.75, 3.05) is 25.9 Å². The minimum atomic E-state index is -0.528. The average Bonchev–Trinajstić information content (AvgIpc) is 2.44. The maximum absolute atomic E-state index is 12.1. The van der Waals surface area contributed by atoms with Crippen LogP contribution in [-0.2, 0) is 4.74 Å². The van der Waals surface area contributed by atoms with Crippen LogP contribution in [0.5, 0.6) is 5.75 Å². The monoisotopic (exact) mass is 323 g/mol. The van der Waals surface area contributed by atoms with Gasteiger partial charge < -0.3 is 25.8 Å². The highest BCUT2D eigenvalue weighted by atomic mass is 16.6. The fourth-order valence-corrected chi connectivity index (χ4v) is 1.84. The Labute approximate surface area is 136 Å². The van der Waals surface area contributed by atoms with E-state index >= 15 is 0 Å². The Morgan fingerprint density at radius 1 is 1.17 bits per heavy atom. The lowest BCUT2D eigenvalue weighted by Gasteiger charge is -2.19. The van der Waals surface area contributed by atoms with Gasteiger partial charge in [-0.3, -0.25) is 4.79 Å². The zero-order valence-corrected chi connectivity index (χ0v) is 14.1. The van der Waals surface area contributed by atoms with Gasteiger partial charge in [0, 0.05) is 18.8 Å². The zero-order chi connectivity index (χ0) is 17.5. The molecule has 0 aromatic heterocycles. The molecule has 1 rings (SSSR count). The summed E-state index contributed by atoms with van der Waals surface area (Å²) in [6, 6.07) is 5.03. The number of nitrogens with two attached hydrogens (primary N) is 1. The summed E-state index contributed by atoms with van der Waals surface area (Å²) >= 11 is 0. The number of rotatable bonds is 6. The van der Waals surface area contributed by atoms with Crippen molar-refractivity contribution >= 4 is 17.7 Å². The van der Waals surface area contributed by atoms with Gasteiger partial charge in [-0.05, 0) is 39.3 Å². The first-order valence-corrected chi connectivity index (χ1v) is 7.42. The third kappa shape index (κ3) is 6.46. The lowest BCUT2D eigenvalue weighted by molar-refractivity contribution is 0.0527. The number of nitrogen functional groups attached to an aromatic ring is 1. The van der Waals surface area contributed by atoms with Gasteiger partial charge in [0.2, 0.25) is 0 Å². The van der Waals surface area contributed by atoms with Crippen LogP contribution in [0.2, 0.25) is 0 Å². The fraction of sp³-hybridized carbons (Fsp3) is 0.500. The topological polar surface area (TPSA) is 103 Å². The molecule has 0 fully saturated rings. The molecule has 0 saturated carbocycles. The van der Waals surface area contributed by atoms with Crippen molar-refractivity contribution in [3.05, 3.63) is 23.8 Å². The van der Waals surface area contributed by atoms with E-state index in [2.05, 4.69) is 10.6 Å². The van der Waals surface area contributed by atoms with Crippen molar-refractivity contribution in [3.63, 3.8) is 0 Å². The second-order valence-electron chi connectivity index (χ2n) is 5.96. The Kier molecular flexibility index (Phi) is 6.68. The summed E-state index contributed by atoms with van der Waals surface area (Å²) in [6.07, 6.45) is 0.0952. The number of hydrogen-bond acceptors (Lipinski definition) is 5. The highest BCUT2D eigenvalue weighted by Gasteiger charge is 2.16. The van der Waals surface area contributed by atoms with E-state index in [1.807, 2.05) is 0 Å². The second kappa shape index (κ2) is 8.26. The number of benzene rings is 1. The van der Waals surface area contributed by atoms with Gasteiger partial charge in [0.05, 0.1) is 7.11 Å². The molecular formula is C16H25N3O4. The molecule has 0 spiro atoms. The molecule has 23 heavy (non-hydrogen) atoms. The number of ether oxygens (including phenoxy) is 2. The predicted molar refractivity (Wildman–Crippen MR) is 88.6 cm³/mol. The average molecular weight is 323 g/mol. The number of anilines is 1. The van der Waals surface area contributed by atoms with E-state index in [1.54, 1.807) is 39.0 Å². The van der Waals surface area contributed by atoms with E-state index in [-0.39, 0.29) is 5.91 Å². The molecular weight excluding hydrogens is 298 g/mol. The molecule has 0 saturated heterocycles. The van der Waals surface area contributed by atoms with Crippen molar-refractivity contribution in [2.24, 2.45) is 0 Å². The lowest BCUT2D eigenvalue weighted by atomic mass is 10.1. The molecule has 4 N–H and O–H groups in total. The third-order valence-electron chi connectivity index (χ3n) is 2.81. The fourth-order valence-electron chi connectivity index (χ4n) is 1.84. The van der Waals surface area contributed by atoms with E-state index in [0.29, 0.717) is 36.5 Å². The maximum Gasteiger partial charge on any atom is 0.407 e. The van der Waals surface area contributed by atoms with Gasteiger partial charge in [0.1, 0.15) is 16.9 Å². The largest absolute Gasteiger partial charge is 0.496 e. The van der Waals surface area contributed by atoms with Gasteiger partial charge in [-0.25, -0.2) is 4.79 Å². The van der Waals surface area contributed by atoms with E-state index < -0.39 is 11.7 Å². The summed E-state index contributed by atoms with van der Waals surface area (Å²) < 4.78 is 10.2. The molecule has 0 heterocycles. The molecule has 7 heteroatoms. The highest BCUT2D eigenvalue weighted by Crippen LogP contribution is 2.23. The van der Waals surface area contributed by atoms with Crippen molar-refractivity contribution in [1.29, 1.82) is 0 Å². The number of carbonyl (C=O) groups excluding carboxylic acids is 2. The number of methoxy groups -OCH3 is 1. The van der Waals surface area contributed by atoms with Crippen LogP contribution in [0.4, 0.5) is 10.5 Å². The molecule has 0 atom stereocenters. The van der Waals surface area contributed by atoms with E-state index in [4.69, 9.17) is 15.2 Å². The first-order chi connectivity index (χ1) is 10.7. The molecule has 0 radical (unpaired) electrons. The summed E-state index contributed by atoms with van der Waals surface area (Å²) in [5, 5.41) is 5.37. The predicted octanol–water partition coefficient (Wildman–Crippen LogP) is 1.92. The van der Waals surface area contributed by atoms with Crippen LogP contribution in [-0.4, -0.2) is 37.8 Å². The van der Waals surface area contributed by atoms with Crippen molar-refractivity contribution in [1.82, 2.24) is 10.6 Å². The van der Waals surface area contributed by atoms with Crippen LogP contribution in [0, 0.1) is 0 Å². The normalized spacial score (nSPS) is 10.8. The number of hydrogen-bond donors (Lipinski definition) is 3. The molecule has 7 nitrogen and oxygen atoms in total. The Bertz CT molecular complexity index is 553. The summed E-state index contributed by atoms with van der Waals surface area (Å²) in [5.41, 5.74) is 5.95. The molecule has 2 amide bonds. The first-order valence-electron chi connectivity index (χ1n) is 7.42. The van der Waals surface area contributed by atoms with Crippen LogP contribution in [0.25, 0.3) is 0 Å². The van der Waals surface area contributed by atoms with E-state index in [1.165, 1.54) is 7.11 Å². The van der Waals surface area contributed by atoms with Crippen LogP contribution < -0.4 is 21.1 Å². The standard InChI is InChI=1S/C16H25N3O4/c1-16(2,3)23-15(21)19-10-6-9-18-14(20)13-11(17)7-5-8-12(13)22-4/h5,7-8H,6,9-10,17H2,1-4H3,(H,18,20)(H,19,21). The minimum Gasteiger partial charge on any atom is -0.496 e. The Morgan fingerprint density at radius 3 is 2.43 bits per heavy atom. The number of amides is 2. The molecule has 0 unspecified atom stereocenters. The molecule has 1 aromatic rings. The smallest absolute Gasteiger partial charge is 0.407 e. The minimum absolute atomic E-state index is 0.308. The molecule has 0 aliphatic rings. The van der Waals surface area contributed by atoms with Gasteiger partial charge in [-0.2, -0.15) is 0 Å². The Balaban J connectivity index is 2.37. The molecule has 128 valence electrons. The summed E-state index contributed by atoms with van der Waals surface area (Å²) in [7, 11) is 1.48.